The maximum atomic E-state index is 6.31. The van der Waals surface area contributed by atoms with Crippen LogP contribution in [0.3, 0.4) is 0 Å². The number of hydrogen-bond donors (Lipinski definition) is 2. The van der Waals surface area contributed by atoms with Gasteiger partial charge in [-0.05, 0) is 37.1 Å². The van der Waals surface area contributed by atoms with Gasteiger partial charge in [-0.1, -0.05) is 23.7 Å². The number of nitrogens with zero attached hydrogens (tertiary/aromatic N) is 4. The second-order valence-electron chi connectivity index (χ2n) is 6.44. The first-order valence-electron chi connectivity index (χ1n) is 8.84. The van der Waals surface area contributed by atoms with Crippen LogP contribution in [-0.2, 0) is 6.54 Å². The Balaban J connectivity index is 1.29. The smallest absolute Gasteiger partial charge is 0.181 e. The molecule has 1 saturated heterocycles. The number of hydrogen-bond acceptors (Lipinski definition) is 5. The first kappa shape index (κ1) is 17.0. The second kappa shape index (κ2) is 7.85. The number of aromatic amines is 1. The number of rotatable bonds is 5. The van der Waals surface area contributed by atoms with E-state index in [1.807, 2.05) is 30.3 Å². The molecule has 0 radical (unpaired) electrons. The van der Waals surface area contributed by atoms with Crippen LogP contribution in [0.1, 0.15) is 18.7 Å². The van der Waals surface area contributed by atoms with Crippen molar-refractivity contribution in [2.24, 2.45) is 0 Å². The molecule has 0 saturated carbocycles. The number of para-hydroxylation sites is 1. The van der Waals surface area contributed by atoms with Crippen molar-refractivity contribution in [3.8, 4) is 11.4 Å². The molecule has 1 fully saturated rings. The molecule has 26 heavy (non-hydrogen) atoms. The lowest BCUT2D eigenvalue weighted by atomic mass is 10.0. The van der Waals surface area contributed by atoms with Gasteiger partial charge in [0.25, 0.3) is 0 Å². The number of nitrogens with one attached hydrogen (secondary N) is 2. The van der Waals surface area contributed by atoms with Crippen molar-refractivity contribution in [1.82, 2.24) is 25.5 Å². The monoisotopic (exact) mass is 368 g/mol. The molecular formula is C19H21ClN6. The molecule has 2 N–H and O–H groups in total. The SMILES string of the molecule is Clc1ccccc1N1CCC(NCc2nc(-c3ccncc3)n[nH]2)CC1. The summed E-state index contributed by atoms with van der Waals surface area (Å²) in [6.45, 7) is 2.69. The van der Waals surface area contributed by atoms with Gasteiger partial charge >= 0.3 is 0 Å². The Bertz CT molecular complexity index is 842. The molecule has 0 bridgehead atoms. The average Bonchev–Trinajstić information content (AvgIpc) is 3.17. The van der Waals surface area contributed by atoms with E-state index in [-0.39, 0.29) is 0 Å². The van der Waals surface area contributed by atoms with Crippen LogP contribution in [0.5, 0.6) is 0 Å². The van der Waals surface area contributed by atoms with E-state index in [1.165, 1.54) is 0 Å². The summed E-state index contributed by atoms with van der Waals surface area (Å²) >= 11 is 6.31. The molecule has 1 aromatic carbocycles. The van der Waals surface area contributed by atoms with E-state index in [1.54, 1.807) is 12.4 Å². The molecule has 0 atom stereocenters. The minimum absolute atomic E-state index is 0.475. The van der Waals surface area contributed by atoms with E-state index in [0.717, 1.165) is 48.0 Å². The average molecular weight is 369 g/mol. The van der Waals surface area contributed by atoms with Gasteiger partial charge in [0.1, 0.15) is 5.82 Å². The molecule has 2 aromatic heterocycles. The van der Waals surface area contributed by atoms with Crippen LogP contribution >= 0.6 is 11.6 Å². The fourth-order valence-corrected chi connectivity index (χ4v) is 3.53. The Hall–Kier alpha value is -2.44. The summed E-state index contributed by atoms with van der Waals surface area (Å²) in [5.74, 6) is 1.56. The Kier molecular flexibility index (Phi) is 5.13. The van der Waals surface area contributed by atoms with E-state index >= 15 is 0 Å². The predicted octanol–water partition coefficient (Wildman–Crippen LogP) is 3.28. The van der Waals surface area contributed by atoms with Gasteiger partial charge in [-0.3, -0.25) is 10.1 Å². The molecule has 0 unspecified atom stereocenters. The first-order chi connectivity index (χ1) is 12.8. The highest BCUT2D eigenvalue weighted by Crippen LogP contribution is 2.27. The summed E-state index contributed by atoms with van der Waals surface area (Å²) in [6.07, 6.45) is 5.65. The topological polar surface area (TPSA) is 69.7 Å². The minimum Gasteiger partial charge on any atom is -0.370 e. The van der Waals surface area contributed by atoms with Crippen LogP contribution in [0.4, 0.5) is 5.69 Å². The highest BCUT2D eigenvalue weighted by molar-refractivity contribution is 6.33. The Labute approximate surface area is 157 Å². The first-order valence-corrected chi connectivity index (χ1v) is 9.22. The molecular weight excluding hydrogens is 348 g/mol. The molecule has 6 nitrogen and oxygen atoms in total. The fraction of sp³-hybridized carbons (Fsp3) is 0.316. The predicted molar refractivity (Wildman–Crippen MR) is 103 cm³/mol. The number of anilines is 1. The van der Waals surface area contributed by atoms with Gasteiger partial charge in [-0.15, -0.1) is 0 Å². The highest BCUT2D eigenvalue weighted by atomic mass is 35.5. The molecule has 1 aliphatic heterocycles. The molecule has 4 rings (SSSR count). The summed E-state index contributed by atoms with van der Waals surface area (Å²) in [5.41, 5.74) is 2.10. The normalized spacial score (nSPS) is 15.3. The summed E-state index contributed by atoms with van der Waals surface area (Å²) < 4.78 is 0. The van der Waals surface area contributed by atoms with Gasteiger partial charge in [0.05, 0.1) is 17.3 Å². The molecule has 0 spiro atoms. The molecule has 0 aliphatic carbocycles. The lowest BCUT2D eigenvalue weighted by Gasteiger charge is -2.34. The van der Waals surface area contributed by atoms with Gasteiger partial charge in [0.15, 0.2) is 5.82 Å². The third-order valence-corrected chi connectivity index (χ3v) is 5.04. The summed E-state index contributed by atoms with van der Waals surface area (Å²) in [4.78, 5) is 10.9. The Morgan fingerprint density at radius 2 is 1.88 bits per heavy atom. The maximum Gasteiger partial charge on any atom is 0.181 e. The number of benzene rings is 1. The number of aromatic nitrogens is 4. The van der Waals surface area contributed by atoms with E-state index < -0.39 is 0 Å². The third kappa shape index (κ3) is 3.86. The van der Waals surface area contributed by atoms with E-state index in [9.17, 15) is 0 Å². The van der Waals surface area contributed by atoms with Crippen molar-refractivity contribution in [2.75, 3.05) is 18.0 Å². The zero-order valence-corrected chi connectivity index (χ0v) is 15.2. The molecule has 134 valence electrons. The molecule has 1 aliphatic rings. The molecule has 3 aromatic rings. The Morgan fingerprint density at radius 1 is 1.12 bits per heavy atom. The molecule has 7 heteroatoms. The lowest BCUT2D eigenvalue weighted by molar-refractivity contribution is 0.410. The second-order valence-corrected chi connectivity index (χ2v) is 6.84. The van der Waals surface area contributed by atoms with Crippen LogP contribution in [0.15, 0.2) is 48.8 Å². The summed E-state index contributed by atoms with van der Waals surface area (Å²) in [7, 11) is 0. The standard InChI is InChI=1S/C19H21ClN6/c20-16-3-1-2-4-17(16)26-11-7-15(8-12-26)22-13-18-23-19(25-24-18)14-5-9-21-10-6-14/h1-6,9-10,15,22H,7-8,11-13H2,(H,23,24,25). The van der Waals surface area contributed by atoms with Crippen LogP contribution in [0, 0.1) is 0 Å². The number of piperidine rings is 1. The fourth-order valence-electron chi connectivity index (χ4n) is 3.28. The lowest BCUT2D eigenvalue weighted by Crippen LogP contribution is -2.42. The van der Waals surface area contributed by atoms with Gasteiger partial charge in [-0.25, -0.2) is 4.98 Å². The highest BCUT2D eigenvalue weighted by Gasteiger charge is 2.20. The number of H-pyrrole nitrogens is 1. The van der Waals surface area contributed by atoms with Crippen molar-refractivity contribution >= 4 is 17.3 Å². The van der Waals surface area contributed by atoms with E-state index in [2.05, 4.69) is 36.4 Å². The van der Waals surface area contributed by atoms with Crippen LogP contribution in [-0.4, -0.2) is 39.3 Å². The van der Waals surface area contributed by atoms with Crippen LogP contribution in [0.2, 0.25) is 5.02 Å². The van der Waals surface area contributed by atoms with E-state index in [4.69, 9.17) is 11.6 Å². The zero-order chi connectivity index (χ0) is 17.8. The van der Waals surface area contributed by atoms with Crippen LogP contribution in [0.25, 0.3) is 11.4 Å². The zero-order valence-electron chi connectivity index (χ0n) is 14.4. The van der Waals surface area contributed by atoms with Gasteiger partial charge in [-0.2, -0.15) is 5.10 Å². The summed E-state index contributed by atoms with van der Waals surface area (Å²) in [6, 6.07) is 12.3. The number of pyridine rings is 1. The minimum atomic E-state index is 0.475. The van der Waals surface area contributed by atoms with Crippen molar-refractivity contribution in [3.05, 3.63) is 59.6 Å². The van der Waals surface area contributed by atoms with Gasteiger partial charge in [0, 0.05) is 37.1 Å². The maximum absolute atomic E-state index is 6.31. The Morgan fingerprint density at radius 3 is 2.65 bits per heavy atom. The van der Waals surface area contributed by atoms with Crippen molar-refractivity contribution in [2.45, 2.75) is 25.4 Å². The van der Waals surface area contributed by atoms with Crippen molar-refractivity contribution in [3.63, 3.8) is 0 Å². The van der Waals surface area contributed by atoms with Crippen LogP contribution < -0.4 is 10.2 Å². The molecule has 0 amide bonds. The largest absolute Gasteiger partial charge is 0.370 e. The molecule has 3 heterocycles. The van der Waals surface area contributed by atoms with Crippen molar-refractivity contribution < 1.29 is 0 Å². The summed E-state index contributed by atoms with van der Waals surface area (Å²) in [5, 5.41) is 11.7. The van der Waals surface area contributed by atoms with Crippen molar-refractivity contribution in [1.29, 1.82) is 0 Å². The quantitative estimate of drug-likeness (QED) is 0.723. The van der Waals surface area contributed by atoms with E-state index in [0.29, 0.717) is 18.4 Å². The van der Waals surface area contributed by atoms with Gasteiger partial charge in [0.2, 0.25) is 0 Å². The third-order valence-electron chi connectivity index (χ3n) is 4.72. The number of halogens is 1. The van der Waals surface area contributed by atoms with Gasteiger partial charge < -0.3 is 10.2 Å².